The summed E-state index contributed by atoms with van der Waals surface area (Å²) in [5.41, 5.74) is 4.01. The van der Waals surface area contributed by atoms with Crippen LogP contribution in [-0.4, -0.2) is 39.6 Å². The van der Waals surface area contributed by atoms with E-state index in [9.17, 15) is 13.2 Å². The fraction of sp³-hybridized carbons (Fsp3) is 0.357. The number of hydrogen-bond donors (Lipinski definition) is 3. The van der Waals surface area contributed by atoms with E-state index in [1.807, 2.05) is 37.3 Å². The molecule has 1 amide bonds. The minimum atomic E-state index is -3.71. The highest BCUT2D eigenvalue weighted by Gasteiger charge is 2.39. The van der Waals surface area contributed by atoms with Crippen LogP contribution in [-0.2, 0) is 26.6 Å². The number of carbonyl (C=O) groups excluding carboxylic acids is 1. The smallest absolute Gasteiger partial charge is 0.255 e. The molecule has 1 aromatic heterocycles. The average molecular weight is 523 g/mol. The number of aryl methyl sites for hydroxylation is 1. The van der Waals surface area contributed by atoms with Gasteiger partial charge < -0.3 is 15.4 Å². The van der Waals surface area contributed by atoms with Gasteiger partial charge in [0.2, 0.25) is 10.0 Å². The van der Waals surface area contributed by atoms with Crippen LogP contribution in [0.1, 0.15) is 60.3 Å². The molecule has 196 valence electrons. The molecule has 4 rings (SSSR count). The summed E-state index contributed by atoms with van der Waals surface area (Å²) >= 11 is 0. The van der Waals surface area contributed by atoms with Gasteiger partial charge in [-0.15, -0.1) is 0 Å². The number of benzene rings is 2. The van der Waals surface area contributed by atoms with E-state index in [0.717, 1.165) is 28.8 Å². The topological polar surface area (TPSA) is 109 Å². The molecule has 1 aliphatic rings. The molecule has 1 atom stereocenters. The molecule has 0 bridgehead atoms. The number of nitrogens with zero attached hydrogens (tertiary/aromatic N) is 1. The fourth-order valence-electron chi connectivity index (χ4n) is 4.73. The highest BCUT2D eigenvalue weighted by molar-refractivity contribution is 7.89. The molecule has 1 aliphatic carbocycles. The first-order chi connectivity index (χ1) is 17.6. The number of ether oxygens (including phenoxy) is 1. The van der Waals surface area contributed by atoms with E-state index in [1.54, 1.807) is 37.6 Å². The molecule has 0 spiro atoms. The van der Waals surface area contributed by atoms with Crippen LogP contribution in [0.5, 0.6) is 0 Å². The summed E-state index contributed by atoms with van der Waals surface area (Å²) < 4.78 is 34.4. The number of methoxy groups -OCH3 is 1. The lowest BCUT2D eigenvalue weighted by Crippen LogP contribution is -2.28. The molecule has 3 N–H and O–H groups in total. The zero-order chi connectivity index (χ0) is 26.6. The number of rotatable bonds is 10. The van der Waals surface area contributed by atoms with E-state index >= 15 is 0 Å². The second-order valence-electron chi connectivity index (χ2n) is 9.83. The van der Waals surface area contributed by atoms with Crippen LogP contribution in [0.4, 0.5) is 11.5 Å². The number of fused-ring (bicyclic) bond motifs is 1. The lowest BCUT2D eigenvalue weighted by molar-refractivity contribution is 0.0937. The molecule has 0 saturated heterocycles. The molecular formula is C28H34N4O4S. The number of amides is 1. The van der Waals surface area contributed by atoms with E-state index in [0.29, 0.717) is 31.0 Å². The number of carbonyl (C=O) groups is 1. The number of sulfonamides is 1. The normalized spacial score (nSPS) is 16.3. The first kappa shape index (κ1) is 26.8. The fourth-order valence-corrected chi connectivity index (χ4v) is 5.94. The predicted octanol–water partition coefficient (Wildman–Crippen LogP) is 4.46. The molecule has 2 aromatic carbocycles. The third-order valence-electron chi connectivity index (χ3n) is 6.72. The van der Waals surface area contributed by atoms with Crippen molar-refractivity contribution in [2.45, 2.75) is 50.0 Å². The van der Waals surface area contributed by atoms with Crippen molar-refractivity contribution in [1.29, 1.82) is 0 Å². The highest BCUT2D eigenvalue weighted by atomic mass is 32.2. The maximum atomic E-state index is 13.2. The highest BCUT2D eigenvalue weighted by Crippen LogP contribution is 2.46. The van der Waals surface area contributed by atoms with Gasteiger partial charge in [0.15, 0.2) is 0 Å². The van der Waals surface area contributed by atoms with Gasteiger partial charge in [0, 0.05) is 31.6 Å². The van der Waals surface area contributed by atoms with Gasteiger partial charge in [-0.25, -0.2) is 18.1 Å². The molecule has 0 aliphatic heterocycles. The summed E-state index contributed by atoms with van der Waals surface area (Å²) in [6.45, 7) is 7.07. The van der Waals surface area contributed by atoms with Gasteiger partial charge in [0.05, 0.1) is 17.1 Å². The minimum Gasteiger partial charge on any atom is -0.383 e. The van der Waals surface area contributed by atoms with Gasteiger partial charge in [0.1, 0.15) is 5.82 Å². The molecule has 0 radical (unpaired) electrons. The van der Waals surface area contributed by atoms with Crippen molar-refractivity contribution in [3.63, 3.8) is 0 Å². The Kier molecular flexibility index (Phi) is 7.96. The predicted molar refractivity (Wildman–Crippen MR) is 145 cm³/mol. The molecule has 37 heavy (non-hydrogen) atoms. The quantitative estimate of drug-likeness (QED) is 0.339. The van der Waals surface area contributed by atoms with E-state index in [1.165, 1.54) is 0 Å². The Labute approximate surface area is 218 Å². The average Bonchev–Trinajstić information content (AvgIpc) is 3.12. The summed E-state index contributed by atoms with van der Waals surface area (Å²) in [6, 6.07) is 15.9. The second-order valence-corrected chi connectivity index (χ2v) is 11.5. The Bertz CT molecular complexity index is 1370. The van der Waals surface area contributed by atoms with E-state index in [4.69, 9.17) is 4.74 Å². The Morgan fingerprint density at radius 1 is 1.14 bits per heavy atom. The van der Waals surface area contributed by atoms with Crippen LogP contribution < -0.4 is 15.4 Å². The van der Waals surface area contributed by atoms with Crippen molar-refractivity contribution in [3.05, 3.63) is 83.0 Å². The number of anilines is 2. The van der Waals surface area contributed by atoms with Gasteiger partial charge in [-0.1, -0.05) is 39.0 Å². The molecular weight excluding hydrogens is 488 g/mol. The maximum absolute atomic E-state index is 13.2. The van der Waals surface area contributed by atoms with Crippen molar-refractivity contribution >= 4 is 27.4 Å². The lowest BCUT2D eigenvalue weighted by atomic mass is 9.86. The number of hydrogen-bond acceptors (Lipinski definition) is 6. The van der Waals surface area contributed by atoms with Gasteiger partial charge in [0.25, 0.3) is 5.91 Å². The Hall–Kier alpha value is -3.27. The minimum absolute atomic E-state index is 0.204. The Morgan fingerprint density at radius 3 is 2.59 bits per heavy atom. The molecule has 0 saturated carbocycles. The summed E-state index contributed by atoms with van der Waals surface area (Å²) in [4.78, 5) is 17.3. The molecule has 9 heteroatoms. The first-order valence-electron chi connectivity index (χ1n) is 12.4. The molecule has 1 heterocycles. The van der Waals surface area contributed by atoms with Crippen molar-refractivity contribution in [2.75, 3.05) is 25.6 Å². The van der Waals surface area contributed by atoms with Crippen LogP contribution in [0.2, 0.25) is 0 Å². The molecule has 8 nitrogen and oxygen atoms in total. The van der Waals surface area contributed by atoms with Crippen LogP contribution in [0.3, 0.4) is 0 Å². The van der Waals surface area contributed by atoms with Crippen LogP contribution in [0.15, 0.2) is 65.7 Å². The van der Waals surface area contributed by atoms with Crippen molar-refractivity contribution in [1.82, 2.24) is 15.0 Å². The number of pyridine rings is 1. The molecule has 3 aromatic rings. The van der Waals surface area contributed by atoms with Gasteiger partial charge in [-0.3, -0.25) is 4.79 Å². The van der Waals surface area contributed by atoms with Crippen molar-refractivity contribution in [2.24, 2.45) is 0 Å². The zero-order valence-electron chi connectivity index (χ0n) is 21.7. The van der Waals surface area contributed by atoms with E-state index in [2.05, 4.69) is 34.2 Å². The van der Waals surface area contributed by atoms with E-state index in [-0.39, 0.29) is 22.3 Å². The Morgan fingerprint density at radius 2 is 1.89 bits per heavy atom. The van der Waals surface area contributed by atoms with Crippen molar-refractivity contribution in [3.8, 4) is 0 Å². The molecule has 1 unspecified atom stereocenters. The summed E-state index contributed by atoms with van der Waals surface area (Å²) in [5, 5.41) is 6.06. The maximum Gasteiger partial charge on any atom is 0.255 e. The summed E-state index contributed by atoms with van der Waals surface area (Å²) in [6.07, 6.45) is 3.10. The summed E-state index contributed by atoms with van der Waals surface area (Å²) in [5.74, 6) is 0.164. The van der Waals surface area contributed by atoms with E-state index < -0.39 is 10.0 Å². The van der Waals surface area contributed by atoms with Crippen LogP contribution in [0, 0.1) is 0 Å². The van der Waals surface area contributed by atoms with Gasteiger partial charge in [-0.05, 0) is 71.3 Å². The largest absolute Gasteiger partial charge is 0.383 e. The standard InChI is InChI=1S/C28H34N4O4S/c1-5-19-8-11-21(12-9-19)37(34,35)32-25-18-28(2,3)24-13-10-20(17-23(24)25)31-26-22(7-6-14-29-26)27(33)30-15-16-36-4/h6-14,17,25,32H,5,15-16,18H2,1-4H3,(H,29,31)(H,30,33). The monoisotopic (exact) mass is 522 g/mol. The first-order valence-corrected chi connectivity index (χ1v) is 13.9. The van der Waals surface area contributed by atoms with Crippen LogP contribution in [0.25, 0.3) is 0 Å². The second kappa shape index (κ2) is 11.0. The molecule has 0 fully saturated rings. The van der Waals surface area contributed by atoms with Gasteiger partial charge >= 0.3 is 0 Å². The van der Waals surface area contributed by atoms with Crippen LogP contribution >= 0.6 is 0 Å². The Balaban J connectivity index is 1.59. The van der Waals surface area contributed by atoms with Crippen molar-refractivity contribution < 1.29 is 17.9 Å². The number of nitrogens with one attached hydrogen (secondary N) is 3. The third-order valence-corrected chi connectivity index (χ3v) is 8.20. The zero-order valence-corrected chi connectivity index (χ0v) is 22.5. The lowest BCUT2D eigenvalue weighted by Gasteiger charge is -2.19. The third kappa shape index (κ3) is 6.01. The SMILES string of the molecule is CCc1ccc(S(=O)(=O)NC2CC(C)(C)c3ccc(Nc4ncccc4C(=O)NCCOC)cc32)cc1. The van der Waals surface area contributed by atoms with Gasteiger partial charge in [-0.2, -0.15) is 0 Å². The number of aromatic nitrogens is 1. The summed E-state index contributed by atoms with van der Waals surface area (Å²) in [7, 11) is -2.13.